The zero-order chi connectivity index (χ0) is 17.9. The molecule has 0 spiro atoms. The molecule has 0 saturated carbocycles. The van der Waals surface area contributed by atoms with Gasteiger partial charge in [0.25, 0.3) is 0 Å². The van der Waals surface area contributed by atoms with Crippen LogP contribution in [0.15, 0.2) is 12.1 Å². The second-order valence-electron chi connectivity index (χ2n) is 5.78. The van der Waals surface area contributed by atoms with Crippen LogP contribution in [0.4, 0.5) is 11.4 Å². The molecule has 0 aromatic heterocycles. The van der Waals surface area contributed by atoms with Gasteiger partial charge < -0.3 is 11.1 Å². The van der Waals surface area contributed by atoms with Crippen molar-refractivity contribution in [3.63, 3.8) is 0 Å². The first-order valence-corrected chi connectivity index (χ1v) is 10.2. The van der Waals surface area contributed by atoms with Crippen LogP contribution in [0.1, 0.15) is 32.6 Å². The van der Waals surface area contributed by atoms with Gasteiger partial charge in [-0.3, -0.25) is 4.79 Å². The van der Waals surface area contributed by atoms with Crippen molar-refractivity contribution in [3.8, 4) is 0 Å². The zero-order valence-electron chi connectivity index (χ0n) is 13.4. The number of carbonyl (C=O) groups is 1. The summed E-state index contributed by atoms with van der Waals surface area (Å²) in [5, 5.41) is 3.16. The maximum Gasteiger partial charge on any atom is 0.242 e. The Morgan fingerprint density at radius 2 is 1.96 bits per heavy atom. The third-order valence-corrected chi connectivity index (χ3v) is 6.62. The van der Waals surface area contributed by atoms with Gasteiger partial charge in [-0.15, -0.1) is 0 Å². The molecule has 0 aliphatic carbocycles. The second kappa shape index (κ2) is 7.91. The number of halogens is 2. The van der Waals surface area contributed by atoms with Crippen LogP contribution in [-0.4, -0.2) is 37.0 Å². The fourth-order valence-corrected chi connectivity index (χ4v) is 4.99. The molecule has 1 unspecified atom stereocenters. The first kappa shape index (κ1) is 19.3. The Kier molecular flexibility index (Phi) is 6.36. The SMILES string of the molecule is CCCS(=O)(=O)N1CCCCC1C(=O)Nc1cc(Cl)c(N)c(Cl)c1. The van der Waals surface area contributed by atoms with Crippen LogP contribution in [0, 0.1) is 0 Å². The van der Waals surface area contributed by atoms with Gasteiger partial charge in [-0.05, 0) is 31.4 Å². The average Bonchev–Trinajstić information content (AvgIpc) is 2.52. The molecule has 1 amide bonds. The lowest BCUT2D eigenvalue weighted by Gasteiger charge is -2.33. The summed E-state index contributed by atoms with van der Waals surface area (Å²) in [5.41, 5.74) is 6.30. The Balaban J connectivity index is 2.20. The molecular weight excluding hydrogens is 373 g/mol. The number of hydrogen-bond acceptors (Lipinski definition) is 4. The average molecular weight is 394 g/mol. The lowest BCUT2D eigenvalue weighted by Crippen LogP contribution is -2.50. The Morgan fingerprint density at radius 1 is 1.33 bits per heavy atom. The van der Waals surface area contributed by atoms with Crippen LogP contribution in [0.5, 0.6) is 0 Å². The predicted molar refractivity (Wildman–Crippen MR) is 97.9 cm³/mol. The molecule has 134 valence electrons. The largest absolute Gasteiger partial charge is 0.396 e. The minimum atomic E-state index is -3.44. The summed E-state index contributed by atoms with van der Waals surface area (Å²) in [5.74, 6) is -0.345. The van der Waals surface area contributed by atoms with E-state index in [4.69, 9.17) is 28.9 Å². The summed E-state index contributed by atoms with van der Waals surface area (Å²) < 4.78 is 26.1. The Labute approximate surface area is 152 Å². The summed E-state index contributed by atoms with van der Waals surface area (Å²) >= 11 is 11.9. The van der Waals surface area contributed by atoms with Crippen LogP contribution in [0.25, 0.3) is 0 Å². The van der Waals surface area contributed by atoms with Crippen molar-refractivity contribution in [2.24, 2.45) is 0 Å². The van der Waals surface area contributed by atoms with Gasteiger partial charge in [0, 0.05) is 12.2 Å². The molecule has 6 nitrogen and oxygen atoms in total. The molecule has 1 saturated heterocycles. The van der Waals surface area contributed by atoms with Crippen LogP contribution >= 0.6 is 23.2 Å². The number of nitrogens with one attached hydrogen (secondary N) is 1. The molecule has 1 fully saturated rings. The lowest BCUT2D eigenvalue weighted by molar-refractivity contribution is -0.120. The van der Waals surface area contributed by atoms with E-state index in [1.807, 2.05) is 0 Å². The molecule has 9 heteroatoms. The van der Waals surface area contributed by atoms with E-state index in [-0.39, 0.29) is 27.4 Å². The maximum atomic E-state index is 12.6. The summed E-state index contributed by atoms with van der Waals surface area (Å²) in [7, 11) is -3.44. The monoisotopic (exact) mass is 393 g/mol. The van der Waals surface area contributed by atoms with Gasteiger partial charge in [0.05, 0.1) is 21.5 Å². The molecule has 2 rings (SSSR count). The summed E-state index contributed by atoms with van der Waals surface area (Å²) in [6.45, 7) is 2.17. The standard InChI is InChI=1S/C15H21Cl2N3O3S/c1-2-7-24(22,23)20-6-4-3-5-13(20)15(21)19-10-8-11(16)14(18)12(17)9-10/h8-9,13H,2-7,18H2,1H3,(H,19,21). The number of piperidine rings is 1. The van der Waals surface area contributed by atoms with E-state index in [1.54, 1.807) is 6.92 Å². The molecule has 24 heavy (non-hydrogen) atoms. The van der Waals surface area contributed by atoms with Gasteiger partial charge in [-0.25, -0.2) is 8.42 Å². The van der Waals surface area contributed by atoms with Crippen LogP contribution in [0.3, 0.4) is 0 Å². The fourth-order valence-electron chi connectivity index (χ4n) is 2.76. The van der Waals surface area contributed by atoms with E-state index >= 15 is 0 Å². The molecule has 1 aliphatic heterocycles. The highest BCUT2D eigenvalue weighted by Gasteiger charge is 2.36. The Morgan fingerprint density at radius 3 is 2.54 bits per heavy atom. The third kappa shape index (κ3) is 4.33. The minimum Gasteiger partial charge on any atom is -0.396 e. The van der Waals surface area contributed by atoms with Gasteiger partial charge in [-0.1, -0.05) is 36.5 Å². The number of hydrogen-bond donors (Lipinski definition) is 2. The van der Waals surface area contributed by atoms with Gasteiger partial charge in [-0.2, -0.15) is 4.31 Å². The van der Waals surface area contributed by atoms with Crippen molar-refractivity contribution in [3.05, 3.63) is 22.2 Å². The third-order valence-electron chi connectivity index (χ3n) is 3.92. The van der Waals surface area contributed by atoms with E-state index in [1.165, 1.54) is 16.4 Å². The number of carbonyl (C=O) groups excluding carboxylic acids is 1. The van der Waals surface area contributed by atoms with E-state index in [9.17, 15) is 13.2 Å². The Hall–Kier alpha value is -1.02. The molecule has 1 heterocycles. The summed E-state index contributed by atoms with van der Waals surface area (Å²) in [6.07, 6.45) is 2.56. The van der Waals surface area contributed by atoms with Crippen molar-refractivity contribution < 1.29 is 13.2 Å². The smallest absolute Gasteiger partial charge is 0.242 e. The lowest BCUT2D eigenvalue weighted by atomic mass is 10.0. The number of nitrogens with two attached hydrogens (primary N) is 1. The molecule has 3 N–H and O–H groups in total. The van der Waals surface area contributed by atoms with Crippen LogP contribution < -0.4 is 11.1 Å². The van der Waals surface area contributed by atoms with Gasteiger partial charge in [0.1, 0.15) is 6.04 Å². The quantitative estimate of drug-likeness (QED) is 0.751. The summed E-state index contributed by atoms with van der Waals surface area (Å²) in [4.78, 5) is 12.6. The van der Waals surface area contributed by atoms with Gasteiger partial charge >= 0.3 is 0 Å². The highest BCUT2D eigenvalue weighted by Crippen LogP contribution is 2.31. The molecule has 0 radical (unpaired) electrons. The summed E-state index contributed by atoms with van der Waals surface area (Å²) in [6, 6.07) is 2.27. The molecule has 0 bridgehead atoms. The van der Waals surface area contributed by atoms with Crippen LogP contribution in [-0.2, 0) is 14.8 Å². The van der Waals surface area contributed by atoms with E-state index in [2.05, 4.69) is 5.32 Å². The first-order chi connectivity index (χ1) is 11.3. The number of anilines is 2. The molecule has 1 atom stereocenters. The topological polar surface area (TPSA) is 92.5 Å². The number of amides is 1. The molecular formula is C15H21Cl2N3O3S. The number of nitrogens with zero attached hydrogens (tertiary/aromatic N) is 1. The van der Waals surface area contributed by atoms with Crippen molar-refractivity contribution in [1.29, 1.82) is 0 Å². The van der Waals surface area contributed by atoms with Crippen molar-refractivity contribution in [1.82, 2.24) is 4.31 Å². The van der Waals surface area contributed by atoms with E-state index in [0.717, 1.165) is 12.8 Å². The molecule has 1 aromatic carbocycles. The Bertz CT molecular complexity index is 702. The number of rotatable bonds is 5. The zero-order valence-corrected chi connectivity index (χ0v) is 15.7. The normalized spacial score (nSPS) is 19.2. The van der Waals surface area contributed by atoms with E-state index < -0.39 is 16.1 Å². The number of benzene rings is 1. The highest BCUT2D eigenvalue weighted by molar-refractivity contribution is 7.89. The maximum absolute atomic E-state index is 12.6. The number of sulfonamides is 1. The molecule has 1 aromatic rings. The second-order valence-corrected chi connectivity index (χ2v) is 8.64. The number of nitrogen functional groups attached to an aromatic ring is 1. The molecule has 1 aliphatic rings. The minimum absolute atomic E-state index is 0.0380. The van der Waals surface area contributed by atoms with Crippen molar-refractivity contribution >= 4 is 50.5 Å². The highest BCUT2D eigenvalue weighted by atomic mass is 35.5. The predicted octanol–water partition coefficient (Wildman–Crippen LogP) is 3.11. The fraction of sp³-hybridized carbons (Fsp3) is 0.533. The van der Waals surface area contributed by atoms with Crippen molar-refractivity contribution in [2.45, 2.75) is 38.6 Å². The van der Waals surface area contributed by atoms with E-state index in [0.29, 0.717) is 25.1 Å². The van der Waals surface area contributed by atoms with Crippen LogP contribution in [0.2, 0.25) is 10.0 Å². The van der Waals surface area contributed by atoms with Crippen molar-refractivity contribution in [2.75, 3.05) is 23.3 Å². The van der Waals surface area contributed by atoms with Gasteiger partial charge in [0.2, 0.25) is 15.9 Å². The van der Waals surface area contributed by atoms with Gasteiger partial charge in [0.15, 0.2) is 0 Å². The first-order valence-electron chi connectivity index (χ1n) is 7.81.